The summed E-state index contributed by atoms with van der Waals surface area (Å²) in [4.78, 5) is 4.33. The van der Waals surface area contributed by atoms with Gasteiger partial charge in [0, 0.05) is 5.56 Å². The minimum absolute atomic E-state index is 0.243. The first-order valence-corrected chi connectivity index (χ1v) is 10.1. The van der Waals surface area contributed by atoms with E-state index in [4.69, 9.17) is 15.0 Å². The molecule has 0 saturated heterocycles. The summed E-state index contributed by atoms with van der Waals surface area (Å²) in [7, 11) is 0. The lowest BCUT2D eigenvalue weighted by Gasteiger charge is -2.11. The molecule has 0 atom stereocenters. The van der Waals surface area contributed by atoms with E-state index in [1.807, 2.05) is 62.4 Å². The molecule has 0 aliphatic carbocycles. The molecule has 0 bridgehead atoms. The lowest BCUT2D eigenvalue weighted by atomic mass is 10.1. The van der Waals surface area contributed by atoms with Crippen molar-refractivity contribution in [2.24, 2.45) is 0 Å². The van der Waals surface area contributed by atoms with Gasteiger partial charge in [-0.2, -0.15) is 0 Å². The zero-order valence-electron chi connectivity index (χ0n) is 16.2. The molecule has 0 fully saturated rings. The summed E-state index contributed by atoms with van der Waals surface area (Å²) in [5.41, 5.74) is 3.13. The van der Waals surface area contributed by atoms with Gasteiger partial charge in [-0.3, -0.25) is 0 Å². The molecule has 7 nitrogen and oxygen atoms in total. The Balaban J connectivity index is 1.39. The highest BCUT2D eigenvalue weighted by Crippen LogP contribution is 2.26. The minimum Gasteiger partial charge on any atom is -0.485 e. The van der Waals surface area contributed by atoms with Crippen LogP contribution in [0.1, 0.15) is 22.8 Å². The maximum Gasteiger partial charge on any atom is 0.210 e. The van der Waals surface area contributed by atoms with Crippen LogP contribution in [0.5, 0.6) is 5.75 Å². The maximum atomic E-state index is 6.14. The molecule has 0 spiro atoms. The van der Waals surface area contributed by atoms with E-state index in [2.05, 4.69) is 15.2 Å². The molecule has 0 aliphatic rings. The number of benzene rings is 2. The van der Waals surface area contributed by atoms with E-state index < -0.39 is 0 Å². The lowest BCUT2D eigenvalue weighted by molar-refractivity contribution is 0.288. The van der Waals surface area contributed by atoms with Gasteiger partial charge in [-0.05, 0) is 25.0 Å². The van der Waals surface area contributed by atoms with Crippen LogP contribution in [0.3, 0.4) is 0 Å². The Morgan fingerprint density at radius 2 is 1.79 bits per heavy atom. The highest BCUT2D eigenvalue weighted by atomic mass is 32.2. The summed E-state index contributed by atoms with van der Waals surface area (Å²) in [6.45, 7) is 4.26. The zero-order valence-corrected chi connectivity index (χ0v) is 17.0. The molecule has 0 saturated carbocycles. The topological polar surface area (TPSA) is 92.0 Å². The van der Waals surface area contributed by atoms with E-state index in [0.717, 1.165) is 28.2 Å². The molecule has 2 aromatic carbocycles. The summed E-state index contributed by atoms with van der Waals surface area (Å²) >= 11 is 1.41. The summed E-state index contributed by atoms with van der Waals surface area (Å²) in [5, 5.41) is 8.87. The second-order valence-electron chi connectivity index (χ2n) is 6.55. The van der Waals surface area contributed by atoms with Gasteiger partial charge in [0.15, 0.2) is 11.6 Å². The van der Waals surface area contributed by atoms with Crippen molar-refractivity contribution in [3.8, 4) is 17.1 Å². The van der Waals surface area contributed by atoms with Gasteiger partial charge >= 0.3 is 0 Å². The largest absolute Gasteiger partial charge is 0.485 e. The first-order chi connectivity index (χ1) is 14.1. The molecular weight excluding hydrogens is 386 g/mol. The Labute approximate surface area is 172 Å². The number of rotatable bonds is 7. The lowest BCUT2D eigenvalue weighted by Crippen LogP contribution is -2.16. The second-order valence-corrected chi connectivity index (χ2v) is 7.49. The molecule has 4 rings (SSSR count). The Bertz CT molecular complexity index is 1090. The normalized spacial score (nSPS) is 11.0. The smallest absolute Gasteiger partial charge is 0.210 e. The number of hydrogen-bond acceptors (Lipinski definition) is 7. The minimum atomic E-state index is 0.243. The molecule has 0 aliphatic heterocycles. The van der Waals surface area contributed by atoms with E-state index >= 15 is 0 Å². The predicted octanol–water partition coefficient (Wildman–Crippen LogP) is 4.14. The predicted molar refractivity (Wildman–Crippen MR) is 112 cm³/mol. The number of thioether (sulfide) groups is 1. The molecule has 8 heteroatoms. The quantitative estimate of drug-likeness (QED) is 0.364. The van der Waals surface area contributed by atoms with Crippen molar-refractivity contribution >= 4 is 11.8 Å². The molecule has 2 aromatic heterocycles. The van der Waals surface area contributed by atoms with E-state index in [0.29, 0.717) is 22.6 Å². The van der Waals surface area contributed by atoms with Crippen LogP contribution in [0.4, 0.5) is 0 Å². The van der Waals surface area contributed by atoms with Gasteiger partial charge < -0.3 is 15.0 Å². The van der Waals surface area contributed by atoms with Gasteiger partial charge in [0.2, 0.25) is 11.0 Å². The maximum absolute atomic E-state index is 6.14. The molecule has 0 radical (unpaired) electrons. The van der Waals surface area contributed by atoms with E-state index in [-0.39, 0.29) is 6.61 Å². The fraction of sp³-hybridized carbons (Fsp3) is 0.190. The number of aryl methyl sites for hydroxylation is 2. The first kappa shape index (κ1) is 19.1. The number of nitrogen functional groups attached to an aromatic ring is 1. The number of nitrogens with zero attached hydrogens (tertiary/aromatic N) is 4. The van der Waals surface area contributed by atoms with Crippen LogP contribution in [0, 0.1) is 13.8 Å². The van der Waals surface area contributed by atoms with Gasteiger partial charge in [-0.25, -0.2) is 9.66 Å². The van der Waals surface area contributed by atoms with Gasteiger partial charge in [0.25, 0.3) is 0 Å². The van der Waals surface area contributed by atoms with Crippen LogP contribution in [0.15, 0.2) is 64.3 Å². The average molecular weight is 407 g/mol. The van der Waals surface area contributed by atoms with E-state index in [9.17, 15) is 0 Å². The van der Waals surface area contributed by atoms with Crippen molar-refractivity contribution in [2.45, 2.75) is 31.4 Å². The third-order valence-electron chi connectivity index (χ3n) is 4.43. The van der Waals surface area contributed by atoms with Gasteiger partial charge in [-0.1, -0.05) is 60.3 Å². The van der Waals surface area contributed by atoms with Crippen LogP contribution >= 0.6 is 11.8 Å². The molecule has 0 amide bonds. The second kappa shape index (κ2) is 8.40. The standard InChI is InChI=1S/C21H21N5O2S/c1-14-7-6-8-15(2)20(14)27-12-18-24-25-21(26(18)22)29-13-19-23-11-17(28-19)16-9-4-3-5-10-16/h3-11H,12-13,22H2,1-2H3. The average Bonchev–Trinajstić information content (AvgIpc) is 3.34. The Morgan fingerprint density at radius 1 is 1.03 bits per heavy atom. The van der Waals surface area contributed by atoms with E-state index in [1.165, 1.54) is 16.4 Å². The number of hydrogen-bond donors (Lipinski definition) is 1. The fourth-order valence-electron chi connectivity index (χ4n) is 2.91. The number of ether oxygens (including phenoxy) is 1. The fourth-order valence-corrected chi connectivity index (χ4v) is 3.64. The number of nitrogens with two attached hydrogens (primary N) is 1. The highest BCUT2D eigenvalue weighted by Gasteiger charge is 2.14. The third kappa shape index (κ3) is 4.27. The monoisotopic (exact) mass is 407 g/mol. The molecule has 148 valence electrons. The van der Waals surface area contributed by atoms with Crippen LogP contribution in [0.25, 0.3) is 11.3 Å². The highest BCUT2D eigenvalue weighted by molar-refractivity contribution is 7.98. The molecule has 0 unspecified atom stereocenters. The Morgan fingerprint density at radius 3 is 2.55 bits per heavy atom. The van der Waals surface area contributed by atoms with Gasteiger partial charge in [0.1, 0.15) is 12.4 Å². The molecule has 4 aromatic rings. The molecular formula is C21H21N5O2S. The van der Waals surface area contributed by atoms with Crippen molar-refractivity contribution in [3.05, 3.63) is 77.6 Å². The van der Waals surface area contributed by atoms with Crippen LogP contribution < -0.4 is 10.6 Å². The molecule has 29 heavy (non-hydrogen) atoms. The molecule has 2 N–H and O–H groups in total. The Kier molecular flexibility index (Phi) is 5.53. The molecule has 2 heterocycles. The van der Waals surface area contributed by atoms with Crippen LogP contribution in [-0.2, 0) is 12.4 Å². The summed E-state index contributed by atoms with van der Waals surface area (Å²) in [5.74, 6) is 9.37. The van der Waals surface area contributed by atoms with Crippen LogP contribution in [0.2, 0.25) is 0 Å². The van der Waals surface area contributed by atoms with Crippen molar-refractivity contribution < 1.29 is 9.15 Å². The van der Waals surface area contributed by atoms with Gasteiger partial charge in [-0.15, -0.1) is 10.2 Å². The van der Waals surface area contributed by atoms with Crippen molar-refractivity contribution in [3.63, 3.8) is 0 Å². The van der Waals surface area contributed by atoms with Crippen molar-refractivity contribution in [1.82, 2.24) is 19.9 Å². The van der Waals surface area contributed by atoms with Gasteiger partial charge in [0.05, 0.1) is 11.9 Å². The van der Waals surface area contributed by atoms with Crippen molar-refractivity contribution in [1.29, 1.82) is 0 Å². The van der Waals surface area contributed by atoms with E-state index in [1.54, 1.807) is 6.20 Å². The first-order valence-electron chi connectivity index (χ1n) is 9.13. The summed E-state index contributed by atoms with van der Waals surface area (Å²) < 4.78 is 13.2. The Hall–Kier alpha value is -3.26. The summed E-state index contributed by atoms with van der Waals surface area (Å²) in [6, 6.07) is 15.9. The third-order valence-corrected chi connectivity index (χ3v) is 5.35. The van der Waals surface area contributed by atoms with Crippen LogP contribution in [-0.4, -0.2) is 19.9 Å². The SMILES string of the molecule is Cc1cccc(C)c1OCc1nnc(SCc2ncc(-c3ccccc3)o2)n1N. The number of oxazole rings is 1. The number of aromatic nitrogens is 4. The number of para-hydroxylation sites is 1. The summed E-state index contributed by atoms with van der Waals surface area (Å²) in [6.07, 6.45) is 1.72. The zero-order chi connectivity index (χ0) is 20.2. The van der Waals surface area contributed by atoms with Crippen molar-refractivity contribution in [2.75, 3.05) is 5.84 Å².